The van der Waals surface area contributed by atoms with Gasteiger partial charge in [0.1, 0.15) is 54.4 Å². The molecule has 0 aliphatic heterocycles. The van der Waals surface area contributed by atoms with Gasteiger partial charge in [-0.05, 0) is 61.7 Å². The zero-order valence-electron chi connectivity index (χ0n) is 49.5. The van der Waals surface area contributed by atoms with Crippen LogP contribution in [0.2, 0.25) is 0 Å². The number of primary amides is 2. The van der Waals surface area contributed by atoms with Gasteiger partial charge >= 0.3 is 23.9 Å². The zero-order valence-corrected chi connectivity index (χ0v) is 49.5. The molecule has 0 unspecified atom stereocenters. The summed E-state index contributed by atoms with van der Waals surface area (Å²) >= 11 is 0. The third kappa shape index (κ3) is 28.3. The number of nitrogens with two attached hydrogens (primary N) is 3. The van der Waals surface area contributed by atoms with Crippen molar-refractivity contribution in [1.82, 2.24) is 47.9 Å². The molecule has 0 rings (SSSR count). The second-order valence-electron chi connectivity index (χ2n) is 21.7. The first-order valence-electron chi connectivity index (χ1n) is 27.9. The van der Waals surface area contributed by atoms with Gasteiger partial charge in [-0.1, -0.05) is 88.5 Å². The molecule has 31 nitrogen and oxygen atoms in total. The van der Waals surface area contributed by atoms with E-state index >= 15 is 0 Å². The average Bonchev–Trinajstić information content (AvgIpc) is 3.56. The molecule has 84 heavy (non-hydrogen) atoms. The summed E-state index contributed by atoms with van der Waals surface area (Å²) in [5.74, 6) is -19.9. The fraction of sp³-hybridized carbons (Fsp3) is 0.717. The predicted molar refractivity (Wildman–Crippen MR) is 298 cm³/mol. The van der Waals surface area contributed by atoms with Gasteiger partial charge in [-0.15, -0.1) is 0 Å². The molecule has 0 aliphatic carbocycles. The summed E-state index contributed by atoms with van der Waals surface area (Å²) < 4.78 is 0. The summed E-state index contributed by atoms with van der Waals surface area (Å²) in [6.07, 6.45) is -4.71. The molecule has 476 valence electrons. The van der Waals surface area contributed by atoms with Gasteiger partial charge in [-0.2, -0.15) is 0 Å². The molecule has 0 aromatic heterocycles. The number of hydrogen-bond donors (Lipinski definition) is 16. The number of amides is 11. The number of carbonyl (C=O) groups excluding carboxylic acids is 11. The normalized spacial score (nSPS) is 15.8. The molecule has 0 saturated heterocycles. The molecule has 0 saturated carbocycles. The highest BCUT2D eigenvalue weighted by Crippen LogP contribution is 2.16. The average molecular weight is 1200 g/mol. The van der Waals surface area contributed by atoms with Crippen LogP contribution in [0.25, 0.3) is 0 Å². The molecule has 11 amide bonds. The number of carbonyl (C=O) groups is 15. The first-order valence-corrected chi connectivity index (χ1v) is 27.9. The van der Waals surface area contributed by atoms with Gasteiger partial charge in [0.15, 0.2) is 0 Å². The van der Waals surface area contributed by atoms with Crippen molar-refractivity contribution in [2.45, 2.75) is 213 Å². The van der Waals surface area contributed by atoms with Gasteiger partial charge in [-0.25, -0.2) is 4.79 Å². The van der Waals surface area contributed by atoms with Crippen LogP contribution < -0.4 is 65.1 Å². The van der Waals surface area contributed by atoms with E-state index in [4.69, 9.17) is 17.2 Å². The fourth-order valence-corrected chi connectivity index (χ4v) is 8.07. The molecule has 0 aromatic carbocycles. The molecule has 0 bridgehead atoms. The zero-order chi connectivity index (χ0) is 64.9. The molecule has 19 N–H and O–H groups in total. The van der Waals surface area contributed by atoms with Crippen LogP contribution in [0.5, 0.6) is 0 Å². The number of hydrogen-bond acceptors (Lipinski definition) is 16. The van der Waals surface area contributed by atoms with E-state index in [0.717, 1.165) is 0 Å². The summed E-state index contributed by atoms with van der Waals surface area (Å²) in [7, 11) is 0. The van der Waals surface area contributed by atoms with E-state index in [1.165, 1.54) is 20.8 Å². The number of carboxylic acids is 4. The fourth-order valence-electron chi connectivity index (χ4n) is 8.07. The Morgan fingerprint density at radius 1 is 0.357 bits per heavy atom. The molecule has 0 heterocycles. The van der Waals surface area contributed by atoms with Crippen molar-refractivity contribution in [3.05, 3.63) is 0 Å². The number of carboxylic acid groups (broad SMARTS) is 4. The molecular weight excluding hydrogens is 1110 g/mol. The molecule has 13 atom stereocenters. The Morgan fingerprint density at radius 3 is 1.00 bits per heavy atom. The Labute approximate surface area is 487 Å². The minimum atomic E-state index is -1.85. The monoisotopic (exact) mass is 1200 g/mol. The quantitative estimate of drug-likeness (QED) is 0.0297. The smallest absolute Gasteiger partial charge is 0.326 e. The molecule has 0 radical (unpaired) electrons. The highest BCUT2D eigenvalue weighted by molar-refractivity contribution is 5.99. The lowest BCUT2D eigenvalue weighted by Crippen LogP contribution is -2.62. The second kappa shape index (κ2) is 38.0. The van der Waals surface area contributed by atoms with Crippen LogP contribution in [0.15, 0.2) is 0 Å². The molecule has 0 aliphatic rings. The van der Waals surface area contributed by atoms with E-state index in [-0.39, 0.29) is 37.5 Å². The lowest BCUT2D eigenvalue weighted by atomic mass is 9.94. The van der Waals surface area contributed by atoms with Crippen molar-refractivity contribution in [3.63, 3.8) is 0 Å². The summed E-state index contributed by atoms with van der Waals surface area (Å²) in [4.78, 5) is 196. The van der Waals surface area contributed by atoms with Gasteiger partial charge in [0.25, 0.3) is 0 Å². The molecule has 0 spiro atoms. The second-order valence-corrected chi connectivity index (χ2v) is 21.7. The Balaban J connectivity index is 7.08. The van der Waals surface area contributed by atoms with Crippen LogP contribution in [-0.2, 0) is 71.9 Å². The van der Waals surface area contributed by atoms with Crippen LogP contribution in [-0.4, -0.2) is 170 Å². The van der Waals surface area contributed by atoms with Crippen LogP contribution in [0.1, 0.15) is 153 Å². The maximum atomic E-state index is 14.3. The number of rotatable bonds is 42. The molecule has 31 heteroatoms. The Kier molecular flexibility index (Phi) is 34.4. The maximum Gasteiger partial charge on any atom is 0.326 e. The highest BCUT2D eigenvalue weighted by Gasteiger charge is 2.39. The molecule has 0 aromatic rings. The summed E-state index contributed by atoms with van der Waals surface area (Å²) in [5, 5.41) is 59.9. The number of nitrogens with one attached hydrogen (secondary N) is 9. The minimum absolute atomic E-state index is 0.168. The largest absolute Gasteiger partial charge is 0.481 e. The van der Waals surface area contributed by atoms with Crippen molar-refractivity contribution in [2.24, 2.45) is 46.8 Å². The van der Waals surface area contributed by atoms with E-state index in [0.29, 0.717) is 6.42 Å². The van der Waals surface area contributed by atoms with Crippen molar-refractivity contribution >= 4 is 88.9 Å². The topological polar surface area (TPSA) is 523 Å². The first kappa shape index (κ1) is 76.0. The summed E-state index contributed by atoms with van der Waals surface area (Å²) in [5.41, 5.74) is 16.8. The highest BCUT2D eigenvalue weighted by atomic mass is 16.4. The van der Waals surface area contributed by atoms with Crippen LogP contribution in [0.4, 0.5) is 0 Å². The molecular formula is C53H90N12O19. The van der Waals surface area contributed by atoms with Gasteiger partial charge in [0.05, 0.1) is 12.5 Å². The Hall–Kier alpha value is -7.99. The SMILES string of the molecule is CC[C@H](C)[C@H](N)C(=O)N[C@@H](CCC(N)=O)C(=O)N[C@@H](CCC(=O)O)C(=O)N[C@H](C(=O)N[C@H](C(=O)N[C@@H](CCC(=O)O)C(=O)N[C@@H](CCC(N)=O)C(=O)N[C@@H](CC(C)C)C(=O)N[C@@H](CC(=O)O)C(=O)N[C@H](C(=O)O)C(C)C)[C@@H](C)CC)[C@@H](C)CC. The van der Waals surface area contributed by atoms with E-state index in [2.05, 4.69) is 47.9 Å². The minimum Gasteiger partial charge on any atom is -0.481 e. The summed E-state index contributed by atoms with van der Waals surface area (Å²) in [6, 6.07) is -15.7. The third-order valence-electron chi connectivity index (χ3n) is 13.9. The third-order valence-corrected chi connectivity index (χ3v) is 13.9. The van der Waals surface area contributed by atoms with Gasteiger partial charge in [0.2, 0.25) is 65.0 Å². The van der Waals surface area contributed by atoms with Crippen molar-refractivity contribution in [1.29, 1.82) is 0 Å². The van der Waals surface area contributed by atoms with Gasteiger partial charge in [0, 0.05) is 25.7 Å². The van der Waals surface area contributed by atoms with Gasteiger partial charge in [-0.3, -0.25) is 67.1 Å². The van der Waals surface area contributed by atoms with Crippen molar-refractivity contribution in [3.8, 4) is 0 Å². The van der Waals surface area contributed by atoms with Crippen LogP contribution in [0.3, 0.4) is 0 Å². The predicted octanol–water partition coefficient (Wildman–Crippen LogP) is -2.66. The Morgan fingerprint density at radius 2 is 0.655 bits per heavy atom. The van der Waals surface area contributed by atoms with E-state index in [1.807, 2.05) is 0 Å². The van der Waals surface area contributed by atoms with E-state index in [9.17, 15) is 92.3 Å². The Bertz CT molecular complexity index is 2340. The lowest BCUT2D eigenvalue weighted by Gasteiger charge is -2.31. The van der Waals surface area contributed by atoms with Crippen molar-refractivity contribution in [2.75, 3.05) is 0 Å². The maximum absolute atomic E-state index is 14.3. The first-order chi connectivity index (χ1) is 39.0. The van der Waals surface area contributed by atoms with Crippen LogP contribution in [0, 0.1) is 29.6 Å². The standard InChI is InChI=1S/C53H90N12O19/c1-11-26(8)40(56)50(80)59-30(15-19-36(55)67)44(74)58-32(17-21-38(70)71)47(77)64-43(28(10)13-3)52(82)65-42(27(9)12-2)51(81)60-31(16-20-37(68)69)45(75)57-29(14-18-35(54)66)46(76)61-33(22-24(4)5)48(78)62-34(23-39(72)73)49(79)63-41(25(6)7)53(83)84/h24-34,40-43H,11-23,56H2,1-10H3,(H2,54,66)(H2,55,67)(H,57,75)(H,58,74)(H,59,80)(H,60,81)(H,61,76)(H,62,78)(H,63,79)(H,64,77)(H,65,82)(H,68,69)(H,70,71)(H,72,73)(H,83,84)/t26-,27-,28-,29-,30-,31-,32-,33-,34-,40-,41-,42-,43-/m0/s1. The number of aliphatic carboxylic acids is 4. The van der Waals surface area contributed by atoms with Gasteiger partial charge < -0.3 is 85.5 Å². The van der Waals surface area contributed by atoms with E-state index < -0.39 is 218 Å². The van der Waals surface area contributed by atoms with Crippen LogP contribution >= 0.6 is 0 Å². The van der Waals surface area contributed by atoms with Crippen molar-refractivity contribution < 1.29 is 92.3 Å². The summed E-state index contributed by atoms with van der Waals surface area (Å²) in [6.45, 7) is 16.1. The van der Waals surface area contributed by atoms with E-state index in [1.54, 1.807) is 48.5 Å². The lowest BCUT2D eigenvalue weighted by molar-refractivity contribution is -0.145. The molecule has 0 fully saturated rings.